The van der Waals surface area contributed by atoms with Gasteiger partial charge in [0.05, 0.1) is 17.8 Å². The fraction of sp³-hybridized carbons (Fsp3) is 0.185. The molecule has 184 valence electrons. The minimum absolute atomic E-state index is 0.234. The van der Waals surface area contributed by atoms with Crippen molar-refractivity contribution in [3.63, 3.8) is 0 Å². The summed E-state index contributed by atoms with van der Waals surface area (Å²) in [6.45, 7) is 3.82. The molecule has 0 saturated heterocycles. The second-order valence-corrected chi connectivity index (χ2v) is 8.65. The molecule has 1 atom stereocenters. The third kappa shape index (κ3) is 7.39. The number of rotatable bonds is 9. The highest BCUT2D eigenvalue weighted by Crippen LogP contribution is 2.22. The topological polar surface area (TPSA) is 104 Å². The van der Waals surface area contributed by atoms with E-state index >= 15 is 0 Å². The van der Waals surface area contributed by atoms with Crippen molar-refractivity contribution in [1.82, 2.24) is 10.7 Å². The maximum atomic E-state index is 13.1. The SMILES string of the molecule is CC(C)C(NC(=O)c1ccc(F)cc1)C(=O)NN=Cc1cc(Cl)ccc1OCc1ccc(C#N)cc1. The number of nitrogens with one attached hydrogen (secondary N) is 2. The van der Waals surface area contributed by atoms with Crippen LogP contribution in [0.5, 0.6) is 5.75 Å². The van der Waals surface area contributed by atoms with E-state index in [2.05, 4.69) is 21.9 Å². The molecule has 36 heavy (non-hydrogen) atoms. The fourth-order valence-corrected chi connectivity index (χ4v) is 3.36. The Balaban J connectivity index is 1.65. The molecule has 3 aromatic rings. The summed E-state index contributed by atoms with van der Waals surface area (Å²) in [5, 5.41) is 16.0. The second kappa shape index (κ2) is 12.5. The largest absolute Gasteiger partial charge is 0.488 e. The van der Waals surface area contributed by atoms with E-state index in [0.29, 0.717) is 21.9 Å². The summed E-state index contributed by atoms with van der Waals surface area (Å²) in [6.07, 6.45) is 1.40. The number of ether oxygens (including phenoxy) is 1. The Morgan fingerprint density at radius 1 is 1.11 bits per heavy atom. The number of hydrogen-bond acceptors (Lipinski definition) is 5. The van der Waals surface area contributed by atoms with Gasteiger partial charge in [-0.15, -0.1) is 0 Å². The standard InChI is InChI=1S/C27H24ClFN4O3/c1-17(2)25(32-26(34)20-7-10-23(29)11-8-20)27(35)33-31-15-21-13-22(28)9-12-24(21)36-16-19-5-3-18(14-30)4-6-19/h3-13,15,17,25H,16H2,1-2H3,(H,32,34)(H,33,35). The van der Waals surface area contributed by atoms with Crippen molar-refractivity contribution in [1.29, 1.82) is 5.26 Å². The van der Waals surface area contributed by atoms with E-state index in [1.807, 2.05) is 0 Å². The molecule has 0 aliphatic rings. The Morgan fingerprint density at radius 3 is 2.44 bits per heavy atom. The van der Waals surface area contributed by atoms with Gasteiger partial charge < -0.3 is 10.1 Å². The summed E-state index contributed by atoms with van der Waals surface area (Å²) >= 11 is 6.12. The number of carbonyl (C=O) groups is 2. The Hall–Kier alpha value is -4.22. The molecular formula is C27H24ClFN4O3. The number of nitriles is 1. The van der Waals surface area contributed by atoms with Gasteiger partial charge in [-0.05, 0) is 66.1 Å². The lowest BCUT2D eigenvalue weighted by Gasteiger charge is -2.20. The number of halogens is 2. The van der Waals surface area contributed by atoms with Crippen molar-refractivity contribution in [3.05, 3.63) is 99.8 Å². The first kappa shape index (κ1) is 26.4. The normalized spacial score (nSPS) is 11.7. The summed E-state index contributed by atoms with van der Waals surface area (Å²) < 4.78 is 19.0. The maximum Gasteiger partial charge on any atom is 0.262 e. The zero-order chi connectivity index (χ0) is 26.1. The average Bonchev–Trinajstić information content (AvgIpc) is 2.87. The van der Waals surface area contributed by atoms with Gasteiger partial charge in [0.1, 0.15) is 24.2 Å². The Bertz CT molecular complexity index is 1290. The van der Waals surface area contributed by atoms with Gasteiger partial charge in [-0.2, -0.15) is 10.4 Å². The third-order valence-corrected chi connectivity index (χ3v) is 5.40. The first-order chi connectivity index (χ1) is 17.3. The molecule has 0 aliphatic heterocycles. The van der Waals surface area contributed by atoms with E-state index in [0.717, 1.165) is 5.56 Å². The van der Waals surface area contributed by atoms with Gasteiger partial charge in [-0.25, -0.2) is 9.82 Å². The maximum absolute atomic E-state index is 13.1. The molecule has 0 radical (unpaired) electrons. The van der Waals surface area contributed by atoms with E-state index < -0.39 is 23.7 Å². The van der Waals surface area contributed by atoms with Crippen LogP contribution in [0.2, 0.25) is 5.02 Å². The quantitative estimate of drug-likeness (QED) is 0.320. The van der Waals surface area contributed by atoms with Crippen LogP contribution in [0.15, 0.2) is 71.8 Å². The molecule has 0 heterocycles. The monoisotopic (exact) mass is 506 g/mol. The molecule has 9 heteroatoms. The van der Waals surface area contributed by atoms with Crippen molar-refractivity contribution in [2.45, 2.75) is 26.5 Å². The number of benzene rings is 3. The molecule has 0 bridgehead atoms. The Kier molecular flexibility index (Phi) is 9.14. The van der Waals surface area contributed by atoms with Crippen LogP contribution in [-0.4, -0.2) is 24.1 Å². The van der Waals surface area contributed by atoms with Gasteiger partial charge in [-0.3, -0.25) is 9.59 Å². The van der Waals surface area contributed by atoms with Crippen LogP contribution in [0.4, 0.5) is 4.39 Å². The molecule has 0 spiro atoms. The van der Waals surface area contributed by atoms with Crippen molar-refractivity contribution in [2.75, 3.05) is 0 Å². The molecule has 0 saturated carbocycles. The summed E-state index contributed by atoms with van der Waals surface area (Å²) in [5.74, 6) is -1.21. The predicted octanol–water partition coefficient (Wildman–Crippen LogP) is 4.83. The summed E-state index contributed by atoms with van der Waals surface area (Å²) in [6, 6.07) is 18.3. The fourth-order valence-electron chi connectivity index (χ4n) is 3.18. The molecule has 3 rings (SSSR count). The second-order valence-electron chi connectivity index (χ2n) is 8.22. The molecule has 0 aliphatic carbocycles. The van der Waals surface area contributed by atoms with E-state index in [4.69, 9.17) is 21.6 Å². The van der Waals surface area contributed by atoms with Crippen LogP contribution in [0.1, 0.15) is 40.9 Å². The van der Waals surface area contributed by atoms with Crippen LogP contribution in [0.25, 0.3) is 0 Å². The summed E-state index contributed by atoms with van der Waals surface area (Å²) in [7, 11) is 0. The number of hydrogen-bond donors (Lipinski definition) is 2. The van der Waals surface area contributed by atoms with Gasteiger partial charge in [0.25, 0.3) is 11.8 Å². The average molecular weight is 507 g/mol. The molecule has 2 N–H and O–H groups in total. The third-order valence-electron chi connectivity index (χ3n) is 5.17. The number of amides is 2. The number of nitrogens with zero attached hydrogens (tertiary/aromatic N) is 2. The van der Waals surface area contributed by atoms with Crippen molar-refractivity contribution >= 4 is 29.6 Å². The molecule has 0 fully saturated rings. The highest BCUT2D eigenvalue weighted by Gasteiger charge is 2.24. The van der Waals surface area contributed by atoms with E-state index in [-0.39, 0.29) is 18.1 Å². The molecule has 7 nitrogen and oxygen atoms in total. The van der Waals surface area contributed by atoms with Gasteiger partial charge in [0, 0.05) is 16.1 Å². The smallest absolute Gasteiger partial charge is 0.262 e. The zero-order valence-corrected chi connectivity index (χ0v) is 20.4. The van der Waals surface area contributed by atoms with Gasteiger partial charge in [0.15, 0.2) is 0 Å². The van der Waals surface area contributed by atoms with Crippen LogP contribution in [0, 0.1) is 23.1 Å². The van der Waals surface area contributed by atoms with Crippen LogP contribution in [-0.2, 0) is 11.4 Å². The first-order valence-electron chi connectivity index (χ1n) is 11.1. The lowest BCUT2D eigenvalue weighted by atomic mass is 10.0. The molecule has 3 aromatic carbocycles. The molecule has 0 aromatic heterocycles. The van der Waals surface area contributed by atoms with E-state index in [9.17, 15) is 14.0 Å². The van der Waals surface area contributed by atoms with Crippen LogP contribution < -0.4 is 15.5 Å². The minimum Gasteiger partial charge on any atom is -0.488 e. The lowest BCUT2D eigenvalue weighted by molar-refractivity contribution is -0.123. The highest BCUT2D eigenvalue weighted by atomic mass is 35.5. The number of hydrazone groups is 1. The van der Waals surface area contributed by atoms with Gasteiger partial charge in [0.2, 0.25) is 0 Å². The van der Waals surface area contributed by atoms with Crippen molar-refractivity contribution in [3.8, 4) is 11.8 Å². The van der Waals surface area contributed by atoms with Crippen molar-refractivity contribution in [2.24, 2.45) is 11.0 Å². The summed E-state index contributed by atoms with van der Waals surface area (Å²) in [5.41, 5.74) is 4.64. The first-order valence-corrected chi connectivity index (χ1v) is 11.5. The van der Waals surface area contributed by atoms with Crippen LogP contribution >= 0.6 is 11.6 Å². The molecule has 1 unspecified atom stereocenters. The zero-order valence-electron chi connectivity index (χ0n) is 19.7. The lowest BCUT2D eigenvalue weighted by Crippen LogP contribution is -2.48. The minimum atomic E-state index is -0.869. The molecular weight excluding hydrogens is 483 g/mol. The summed E-state index contributed by atoms with van der Waals surface area (Å²) in [4.78, 5) is 25.2. The van der Waals surface area contributed by atoms with Gasteiger partial charge in [-0.1, -0.05) is 37.6 Å². The Morgan fingerprint density at radius 2 is 1.81 bits per heavy atom. The predicted molar refractivity (Wildman–Crippen MR) is 135 cm³/mol. The van der Waals surface area contributed by atoms with E-state index in [1.54, 1.807) is 56.3 Å². The van der Waals surface area contributed by atoms with Crippen LogP contribution in [0.3, 0.4) is 0 Å². The highest BCUT2D eigenvalue weighted by molar-refractivity contribution is 6.30. The Labute approximate surface area is 213 Å². The molecule has 2 amide bonds. The van der Waals surface area contributed by atoms with E-state index in [1.165, 1.54) is 30.5 Å². The number of carbonyl (C=O) groups excluding carboxylic acids is 2. The van der Waals surface area contributed by atoms with Gasteiger partial charge >= 0.3 is 0 Å². The van der Waals surface area contributed by atoms with Crippen molar-refractivity contribution < 1.29 is 18.7 Å².